The van der Waals surface area contributed by atoms with E-state index in [9.17, 15) is 27.7 Å². The van der Waals surface area contributed by atoms with Gasteiger partial charge in [-0.2, -0.15) is 0 Å². The number of rotatable bonds is 13. The van der Waals surface area contributed by atoms with Gasteiger partial charge in [-0.1, -0.05) is 44.5 Å². The van der Waals surface area contributed by atoms with Crippen molar-refractivity contribution in [3.05, 3.63) is 112 Å². The molecule has 0 bridgehead atoms. The number of piperidine rings is 1. The third kappa shape index (κ3) is 8.85. The first-order chi connectivity index (χ1) is 30.4. The predicted octanol–water partition coefficient (Wildman–Crippen LogP) is 8.72. The number of nitro benzene ring substituents is 1. The Balaban J connectivity index is 0.912. The zero-order chi connectivity index (χ0) is 43.9. The van der Waals surface area contributed by atoms with Crippen molar-refractivity contribution in [1.82, 2.24) is 19.6 Å². The lowest BCUT2D eigenvalue weighted by molar-refractivity contribution is -0.384. The Labute approximate surface area is 366 Å². The van der Waals surface area contributed by atoms with Crippen LogP contribution in [0.15, 0.2) is 84.0 Å². The second-order valence-electron chi connectivity index (χ2n) is 18.1. The third-order valence-electron chi connectivity index (χ3n) is 13.8. The lowest BCUT2D eigenvalue weighted by Gasteiger charge is -2.57. The summed E-state index contributed by atoms with van der Waals surface area (Å²) < 4.78 is 55.7. The highest BCUT2D eigenvalue weighted by atomic mass is 32.2. The van der Waals surface area contributed by atoms with Gasteiger partial charge in [0.05, 0.1) is 27.0 Å². The molecule has 3 N–H and O–H groups in total. The molecule has 14 nitrogen and oxygen atoms in total. The molecule has 0 unspecified atom stereocenters. The molecule has 332 valence electrons. The Morgan fingerprint density at radius 1 is 1.05 bits per heavy atom. The van der Waals surface area contributed by atoms with Gasteiger partial charge in [-0.25, -0.2) is 22.5 Å². The van der Waals surface area contributed by atoms with Gasteiger partial charge in [-0.05, 0) is 103 Å². The van der Waals surface area contributed by atoms with Crippen LogP contribution < -0.4 is 19.7 Å². The van der Waals surface area contributed by atoms with Crippen LogP contribution in [0.5, 0.6) is 11.5 Å². The number of hydrogen-bond donors (Lipinski definition) is 3. The minimum absolute atomic E-state index is 0.0417. The van der Waals surface area contributed by atoms with Crippen LogP contribution in [0.25, 0.3) is 11.0 Å². The SMILES string of the molecule is CC(C)c1ccccc1[C@@H]1CCC[C@@H]1N1CC2(CCN(c3ccc(C(=O)NS(=O)(=O)c4ccc(NCC5CCOCC5)c([N+](=O)[O-])c4)c(Oc4cnc5[nH]cc(F)c5c4)c3)CC2)C1. The summed E-state index contributed by atoms with van der Waals surface area (Å²) in [6.07, 6.45) is 9.91. The molecule has 2 atom stereocenters. The largest absolute Gasteiger partial charge is 0.455 e. The molecule has 1 saturated carbocycles. The minimum Gasteiger partial charge on any atom is -0.455 e. The molecule has 5 heterocycles. The van der Waals surface area contributed by atoms with Crippen molar-refractivity contribution >= 4 is 44.0 Å². The number of aromatic amines is 1. The van der Waals surface area contributed by atoms with E-state index in [2.05, 4.69) is 67.9 Å². The topological polar surface area (TPSA) is 172 Å². The van der Waals surface area contributed by atoms with Crippen LogP contribution >= 0.6 is 0 Å². The fraction of sp³-hybridized carbons (Fsp3) is 0.447. The van der Waals surface area contributed by atoms with Crippen LogP contribution in [0.3, 0.4) is 0 Å². The van der Waals surface area contributed by atoms with Crippen molar-refractivity contribution < 1.29 is 32.0 Å². The van der Waals surface area contributed by atoms with Crippen molar-refractivity contribution in [2.75, 3.05) is 56.2 Å². The summed E-state index contributed by atoms with van der Waals surface area (Å²) in [6.45, 7) is 10.0. The highest BCUT2D eigenvalue weighted by molar-refractivity contribution is 7.90. The van der Waals surface area contributed by atoms with Gasteiger partial charge in [0.2, 0.25) is 0 Å². The first-order valence-electron chi connectivity index (χ1n) is 22.1. The molecular weight excluding hydrogens is 826 g/mol. The lowest BCUT2D eigenvalue weighted by Crippen LogP contribution is -2.63. The summed E-state index contributed by atoms with van der Waals surface area (Å²) in [5.74, 6) is -0.0378. The Morgan fingerprint density at radius 3 is 2.59 bits per heavy atom. The summed E-state index contributed by atoms with van der Waals surface area (Å²) >= 11 is 0. The second kappa shape index (κ2) is 17.5. The van der Waals surface area contributed by atoms with E-state index in [-0.39, 0.29) is 39.5 Å². The standard InChI is InChI=1S/C47H54FN7O7S/c1-30(2)35-6-3-4-7-36(35)37-8-5-9-42(37)54-28-47(29-54)16-18-53(19-17-47)32-10-12-38(44(22-32)62-33-23-39-40(48)27-51-45(39)50-26-33)46(56)52-63(59,60)34-11-13-41(43(24-34)55(57)58)49-25-31-14-20-61-21-15-31/h3-4,6-7,10-13,22-24,26-27,30-31,37,42,49H,5,8-9,14-21,25,28-29H2,1-2H3,(H,50,51)(H,52,56)/t37-,42-/m0/s1. The maximum Gasteiger partial charge on any atom is 0.293 e. The first-order valence-corrected chi connectivity index (χ1v) is 23.5. The predicted molar refractivity (Wildman–Crippen MR) is 239 cm³/mol. The van der Waals surface area contributed by atoms with E-state index in [0.717, 1.165) is 63.6 Å². The Hall–Kier alpha value is -5.58. The average molecular weight is 880 g/mol. The van der Waals surface area contributed by atoms with Crippen molar-refractivity contribution in [1.29, 1.82) is 0 Å². The number of nitrogens with zero attached hydrogens (tertiary/aromatic N) is 4. The molecule has 9 rings (SSSR count). The van der Waals surface area contributed by atoms with E-state index in [4.69, 9.17) is 9.47 Å². The summed E-state index contributed by atoms with van der Waals surface area (Å²) in [5, 5.41) is 15.4. The number of hydrogen-bond acceptors (Lipinski definition) is 11. The molecule has 5 aromatic rings. The van der Waals surface area contributed by atoms with Gasteiger partial charge in [0.15, 0.2) is 0 Å². The van der Waals surface area contributed by atoms with Crippen molar-refractivity contribution in [3.8, 4) is 11.5 Å². The van der Waals surface area contributed by atoms with Gasteiger partial charge in [-0.3, -0.25) is 19.8 Å². The van der Waals surface area contributed by atoms with E-state index >= 15 is 0 Å². The summed E-state index contributed by atoms with van der Waals surface area (Å²) in [7, 11) is -4.59. The highest BCUT2D eigenvalue weighted by Gasteiger charge is 2.49. The number of nitro groups is 1. The van der Waals surface area contributed by atoms with Gasteiger partial charge in [-0.15, -0.1) is 0 Å². The molecular formula is C47H54FN7O7S. The van der Waals surface area contributed by atoms with Gasteiger partial charge < -0.3 is 24.7 Å². The number of sulfonamides is 1. The summed E-state index contributed by atoms with van der Waals surface area (Å²) in [6, 6.07) is 19.5. The number of aromatic nitrogens is 2. The molecule has 63 heavy (non-hydrogen) atoms. The number of carbonyl (C=O) groups excluding carboxylic acids is 1. The summed E-state index contributed by atoms with van der Waals surface area (Å²) in [4.78, 5) is 36.9. The number of halogens is 1. The second-order valence-corrected chi connectivity index (χ2v) is 19.8. The number of benzene rings is 3. The van der Waals surface area contributed by atoms with Crippen LogP contribution in [-0.4, -0.2) is 86.1 Å². The van der Waals surface area contributed by atoms with Gasteiger partial charge >= 0.3 is 0 Å². The zero-order valence-corrected chi connectivity index (χ0v) is 36.5. The number of amides is 1. The monoisotopic (exact) mass is 879 g/mol. The molecule has 3 aromatic carbocycles. The average Bonchev–Trinajstić information content (AvgIpc) is 3.91. The van der Waals surface area contributed by atoms with Gasteiger partial charge in [0.25, 0.3) is 21.6 Å². The van der Waals surface area contributed by atoms with Gasteiger partial charge in [0, 0.05) is 76.0 Å². The normalized spacial score (nSPS) is 20.5. The highest BCUT2D eigenvalue weighted by Crippen LogP contribution is 2.49. The fourth-order valence-corrected chi connectivity index (χ4v) is 11.2. The van der Waals surface area contributed by atoms with Crippen molar-refractivity contribution in [2.45, 2.75) is 81.6 Å². The van der Waals surface area contributed by atoms with Crippen LogP contribution in [0, 0.1) is 27.3 Å². The molecule has 4 aliphatic rings. The molecule has 1 aliphatic carbocycles. The number of pyridine rings is 1. The molecule has 0 radical (unpaired) electrons. The third-order valence-corrected chi connectivity index (χ3v) is 15.1. The van der Waals surface area contributed by atoms with Crippen LogP contribution in [-0.2, 0) is 14.8 Å². The summed E-state index contributed by atoms with van der Waals surface area (Å²) in [5.41, 5.74) is 3.97. The smallest absolute Gasteiger partial charge is 0.293 e. The number of fused-ring (bicyclic) bond motifs is 1. The number of carbonyl (C=O) groups is 1. The first kappa shape index (κ1) is 42.7. The van der Waals surface area contributed by atoms with Crippen LogP contribution in [0.2, 0.25) is 0 Å². The number of anilines is 2. The minimum atomic E-state index is -4.59. The molecule has 4 fully saturated rings. The van der Waals surface area contributed by atoms with E-state index < -0.39 is 37.3 Å². The van der Waals surface area contributed by atoms with Crippen LogP contribution in [0.4, 0.5) is 21.5 Å². The number of ether oxygens (including phenoxy) is 2. The van der Waals surface area contributed by atoms with Crippen LogP contribution in [0.1, 0.15) is 92.1 Å². The molecule has 1 spiro atoms. The number of likely N-dealkylation sites (tertiary alicyclic amines) is 1. The number of nitrogens with one attached hydrogen (secondary N) is 3. The maximum absolute atomic E-state index is 14.6. The van der Waals surface area contributed by atoms with E-state index in [1.807, 2.05) is 0 Å². The van der Waals surface area contributed by atoms with E-state index in [1.165, 1.54) is 67.0 Å². The Morgan fingerprint density at radius 2 is 1.83 bits per heavy atom. The molecule has 2 aromatic heterocycles. The zero-order valence-electron chi connectivity index (χ0n) is 35.6. The maximum atomic E-state index is 14.6. The number of H-pyrrole nitrogens is 1. The Kier molecular flexibility index (Phi) is 11.9. The van der Waals surface area contributed by atoms with Gasteiger partial charge in [0.1, 0.15) is 28.7 Å². The molecule has 16 heteroatoms. The fourth-order valence-electron chi connectivity index (χ4n) is 10.3. The quantitative estimate of drug-likeness (QED) is 0.0763. The van der Waals surface area contributed by atoms with E-state index in [1.54, 1.807) is 12.1 Å². The molecule has 3 saturated heterocycles. The van der Waals surface area contributed by atoms with Crippen molar-refractivity contribution in [3.63, 3.8) is 0 Å². The lowest BCUT2D eigenvalue weighted by atomic mass is 9.70. The Bertz CT molecular complexity index is 2620. The molecule has 3 aliphatic heterocycles. The van der Waals surface area contributed by atoms with Crippen molar-refractivity contribution in [2.24, 2.45) is 11.3 Å². The molecule has 1 amide bonds. The van der Waals surface area contributed by atoms with E-state index in [0.29, 0.717) is 43.3 Å².